The minimum Gasteiger partial charge on any atom is -0.396 e. The van der Waals surface area contributed by atoms with Gasteiger partial charge in [-0.15, -0.1) is 12.4 Å². The number of piperidine rings is 1. The normalized spacial score (nSPS) is 27.9. The minimum absolute atomic E-state index is 0. The first-order chi connectivity index (χ1) is 7.40. The minimum atomic E-state index is 0. The van der Waals surface area contributed by atoms with Gasteiger partial charge in [0, 0.05) is 19.2 Å². The number of nitrogens with one attached hydrogen (secondary N) is 1. The SMILES string of the molecule is Cl.OCCC1CCCN1CC1CCNCC1. The molecule has 0 aromatic carbocycles. The maximum atomic E-state index is 9.01. The number of hydrogen-bond donors (Lipinski definition) is 2. The molecule has 2 fully saturated rings. The van der Waals surface area contributed by atoms with Crippen LogP contribution in [-0.4, -0.2) is 48.8 Å². The fourth-order valence-corrected chi connectivity index (χ4v) is 3.01. The molecule has 0 bridgehead atoms. The molecule has 0 spiro atoms. The Kier molecular flexibility index (Phi) is 6.66. The highest BCUT2D eigenvalue weighted by Crippen LogP contribution is 2.23. The Morgan fingerprint density at radius 3 is 2.62 bits per heavy atom. The van der Waals surface area contributed by atoms with Gasteiger partial charge in [-0.05, 0) is 57.7 Å². The third kappa shape index (κ3) is 3.88. The Hall–Kier alpha value is 0.170. The van der Waals surface area contributed by atoms with Crippen molar-refractivity contribution in [1.82, 2.24) is 10.2 Å². The zero-order valence-electron chi connectivity index (χ0n) is 10.0. The molecule has 4 heteroatoms. The fourth-order valence-electron chi connectivity index (χ4n) is 3.01. The average Bonchev–Trinajstić information content (AvgIpc) is 2.68. The summed E-state index contributed by atoms with van der Waals surface area (Å²) >= 11 is 0. The smallest absolute Gasteiger partial charge is 0.0445 e. The maximum Gasteiger partial charge on any atom is 0.0445 e. The summed E-state index contributed by atoms with van der Waals surface area (Å²) in [6.45, 7) is 5.28. The Morgan fingerprint density at radius 2 is 1.94 bits per heavy atom. The molecule has 1 atom stereocenters. The van der Waals surface area contributed by atoms with E-state index in [2.05, 4.69) is 10.2 Å². The Morgan fingerprint density at radius 1 is 1.19 bits per heavy atom. The lowest BCUT2D eigenvalue weighted by molar-refractivity contribution is 0.162. The number of halogens is 1. The van der Waals surface area contributed by atoms with E-state index >= 15 is 0 Å². The number of hydrogen-bond acceptors (Lipinski definition) is 3. The summed E-state index contributed by atoms with van der Waals surface area (Å²) in [6, 6.07) is 0.671. The van der Waals surface area contributed by atoms with Crippen LogP contribution in [0.4, 0.5) is 0 Å². The van der Waals surface area contributed by atoms with Crippen LogP contribution in [0.15, 0.2) is 0 Å². The van der Waals surface area contributed by atoms with E-state index in [1.54, 1.807) is 0 Å². The van der Waals surface area contributed by atoms with Gasteiger partial charge in [-0.3, -0.25) is 0 Å². The van der Waals surface area contributed by atoms with Crippen molar-refractivity contribution in [3.63, 3.8) is 0 Å². The van der Waals surface area contributed by atoms with E-state index < -0.39 is 0 Å². The summed E-state index contributed by atoms with van der Waals surface area (Å²) in [5.41, 5.74) is 0. The van der Waals surface area contributed by atoms with E-state index in [1.165, 1.54) is 51.9 Å². The first kappa shape index (κ1) is 14.2. The van der Waals surface area contributed by atoms with Crippen molar-refractivity contribution in [3.05, 3.63) is 0 Å². The number of rotatable bonds is 4. The van der Waals surface area contributed by atoms with E-state index in [9.17, 15) is 0 Å². The summed E-state index contributed by atoms with van der Waals surface area (Å²) in [6.07, 6.45) is 6.27. The van der Waals surface area contributed by atoms with Gasteiger partial charge < -0.3 is 15.3 Å². The molecular weight excluding hydrogens is 224 g/mol. The van der Waals surface area contributed by atoms with Gasteiger partial charge in [0.2, 0.25) is 0 Å². The van der Waals surface area contributed by atoms with E-state index in [4.69, 9.17) is 5.11 Å². The molecule has 2 aliphatic heterocycles. The van der Waals surface area contributed by atoms with Gasteiger partial charge in [0.1, 0.15) is 0 Å². The van der Waals surface area contributed by atoms with Crippen molar-refractivity contribution in [3.8, 4) is 0 Å². The molecule has 0 amide bonds. The molecule has 2 heterocycles. The number of nitrogens with zero attached hydrogens (tertiary/aromatic N) is 1. The summed E-state index contributed by atoms with van der Waals surface area (Å²) in [5, 5.41) is 12.4. The molecule has 0 aliphatic carbocycles. The summed E-state index contributed by atoms with van der Waals surface area (Å²) < 4.78 is 0. The van der Waals surface area contributed by atoms with Crippen molar-refractivity contribution >= 4 is 12.4 Å². The highest BCUT2D eigenvalue weighted by atomic mass is 35.5. The van der Waals surface area contributed by atoms with E-state index in [0.717, 1.165) is 12.3 Å². The molecule has 96 valence electrons. The predicted molar refractivity (Wildman–Crippen MR) is 69.1 cm³/mol. The molecule has 0 aromatic heterocycles. The molecule has 0 saturated carbocycles. The van der Waals surface area contributed by atoms with Gasteiger partial charge >= 0.3 is 0 Å². The van der Waals surface area contributed by atoms with Crippen molar-refractivity contribution in [1.29, 1.82) is 0 Å². The lowest BCUT2D eigenvalue weighted by atomic mass is 9.97. The highest BCUT2D eigenvalue weighted by Gasteiger charge is 2.26. The molecule has 2 rings (SSSR count). The summed E-state index contributed by atoms with van der Waals surface area (Å²) in [4.78, 5) is 2.62. The van der Waals surface area contributed by atoms with Crippen LogP contribution >= 0.6 is 12.4 Å². The third-order valence-electron chi connectivity index (χ3n) is 3.91. The van der Waals surface area contributed by atoms with E-state index in [1.807, 2.05) is 0 Å². The largest absolute Gasteiger partial charge is 0.396 e. The van der Waals surface area contributed by atoms with Gasteiger partial charge in [-0.1, -0.05) is 0 Å². The second-order valence-electron chi connectivity index (χ2n) is 5.00. The fraction of sp³-hybridized carbons (Fsp3) is 1.00. The Bertz CT molecular complexity index is 186. The average molecular weight is 249 g/mol. The number of aliphatic hydroxyl groups is 1. The Balaban J connectivity index is 0.00000128. The van der Waals surface area contributed by atoms with Crippen LogP contribution in [0.2, 0.25) is 0 Å². The van der Waals surface area contributed by atoms with E-state index in [-0.39, 0.29) is 12.4 Å². The quantitative estimate of drug-likeness (QED) is 0.786. The van der Waals surface area contributed by atoms with E-state index in [0.29, 0.717) is 12.6 Å². The zero-order chi connectivity index (χ0) is 10.5. The molecule has 16 heavy (non-hydrogen) atoms. The Labute approximate surface area is 105 Å². The van der Waals surface area contributed by atoms with Crippen molar-refractivity contribution in [2.24, 2.45) is 5.92 Å². The van der Waals surface area contributed by atoms with Gasteiger partial charge in [0.05, 0.1) is 0 Å². The molecule has 2 N–H and O–H groups in total. The van der Waals surface area contributed by atoms with Crippen LogP contribution in [-0.2, 0) is 0 Å². The van der Waals surface area contributed by atoms with Crippen LogP contribution in [0.25, 0.3) is 0 Å². The number of aliphatic hydroxyl groups excluding tert-OH is 1. The first-order valence-electron chi connectivity index (χ1n) is 6.46. The molecular formula is C12H25ClN2O. The van der Waals surface area contributed by atoms with Crippen LogP contribution in [0.5, 0.6) is 0 Å². The standard InChI is InChI=1S/C12H24N2O.ClH/c15-9-5-12-2-1-8-14(12)10-11-3-6-13-7-4-11;/h11-13,15H,1-10H2;1H. The topological polar surface area (TPSA) is 35.5 Å². The number of likely N-dealkylation sites (tertiary alicyclic amines) is 1. The van der Waals surface area contributed by atoms with Crippen LogP contribution in [0.3, 0.4) is 0 Å². The molecule has 3 nitrogen and oxygen atoms in total. The van der Waals surface area contributed by atoms with Gasteiger partial charge in [-0.2, -0.15) is 0 Å². The molecule has 0 radical (unpaired) electrons. The predicted octanol–water partition coefficient (Wildman–Crippen LogP) is 1.25. The molecule has 0 aromatic rings. The lowest BCUT2D eigenvalue weighted by Crippen LogP contribution is -2.38. The lowest BCUT2D eigenvalue weighted by Gasteiger charge is -2.31. The van der Waals surface area contributed by atoms with Crippen molar-refractivity contribution < 1.29 is 5.11 Å². The highest BCUT2D eigenvalue weighted by molar-refractivity contribution is 5.85. The van der Waals surface area contributed by atoms with Crippen molar-refractivity contribution in [2.45, 2.75) is 38.1 Å². The van der Waals surface area contributed by atoms with Crippen LogP contribution < -0.4 is 5.32 Å². The third-order valence-corrected chi connectivity index (χ3v) is 3.91. The second kappa shape index (κ2) is 7.49. The maximum absolute atomic E-state index is 9.01. The van der Waals surface area contributed by atoms with Gasteiger partial charge in [0.25, 0.3) is 0 Å². The van der Waals surface area contributed by atoms with Crippen molar-refractivity contribution in [2.75, 3.05) is 32.8 Å². The monoisotopic (exact) mass is 248 g/mol. The first-order valence-corrected chi connectivity index (χ1v) is 6.46. The van der Waals surface area contributed by atoms with Gasteiger partial charge in [-0.25, -0.2) is 0 Å². The molecule has 1 unspecified atom stereocenters. The van der Waals surface area contributed by atoms with Gasteiger partial charge in [0.15, 0.2) is 0 Å². The molecule has 2 aliphatic rings. The summed E-state index contributed by atoms with van der Waals surface area (Å²) in [5.74, 6) is 0.894. The molecule has 2 saturated heterocycles. The summed E-state index contributed by atoms with van der Waals surface area (Å²) in [7, 11) is 0. The van der Waals surface area contributed by atoms with Crippen LogP contribution in [0.1, 0.15) is 32.1 Å². The van der Waals surface area contributed by atoms with Crippen LogP contribution in [0, 0.1) is 5.92 Å². The zero-order valence-corrected chi connectivity index (χ0v) is 10.8. The second-order valence-corrected chi connectivity index (χ2v) is 5.00.